The van der Waals surface area contributed by atoms with E-state index in [0.717, 1.165) is 16.3 Å². The number of likely N-dealkylation sites (N-methyl/N-ethyl adjacent to an activating group) is 1. The van der Waals surface area contributed by atoms with Crippen LogP contribution in [0.1, 0.15) is 16.8 Å². The van der Waals surface area contributed by atoms with Gasteiger partial charge in [-0.05, 0) is 13.0 Å². The third-order valence-corrected chi connectivity index (χ3v) is 4.91. The molecule has 0 saturated carbocycles. The number of hydrogen-bond acceptors (Lipinski definition) is 3. The van der Waals surface area contributed by atoms with Gasteiger partial charge in [-0.1, -0.05) is 48.0 Å². The number of hydrogen-bond donors (Lipinski definition) is 0. The molecule has 0 fully saturated rings. The lowest BCUT2D eigenvalue weighted by molar-refractivity contribution is -0.129. The molecule has 1 heterocycles. The maximum atomic E-state index is 13.7. The molecule has 3 nitrogen and oxygen atoms in total. The van der Waals surface area contributed by atoms with Gasteiger partial charge in [-0.15, -0.1) is 11.3 Å². The van der Waals surface area contributed by atoms with E-state index in [1.807, 2.05) is 36.6 Å². The summed E-state index contributed by atoms with van der Waals surface area (Å²) in [5.41, 5.74) is 3.50. The van der Waals surface area contributed by atoms with Gasteiger partial charge in [0.25, 0.3) is 0 Å². The Morgan fingerprint density at radius 3 is 2.60 bits per heavy atom. The number of nitrogens with zero attached hydrogens (tertiary/aromatic N) is 2. The van der Waals surface area contributed by atoms with Crippen LogP contribution in [-0.2, 0) is 17.8 Å². The van der Waals surface area contributed by atoms with Crippen molar-refractivity contribution >= 4 is 17.2 Å². The van der Waals surface area contributed by atoms with Gasteiger partial charge in [0.15, 0.2) is 0 Å². The molecule has 3 rings (SSSR count). The van der Waals surface area contributed by atoms with E-state index in [0.29, 0.717) is 5.56 Å². The van der Waals surface area contributed by atoms with E-state index in [4.69, 9.17) is 0 Å². The van der Waals surface area contributed by atoms with Gasteiger partial charge < -0.3 is 4.90 Å². The summed E-state index contributed by atoms with van der Waals surface area (Å²) in [5.74, 6) is -0.374. The number of aromatic nitrogens is 1. The van der Waals surface area contributed by atoms with Gasteiger partial charge in [-0.2, -0.15) is 0 Å². The number of rotatable bonds is 5. The highest BCUT2D eigenvalue weighted by molar-refractivity contribution is 7.13. The summed E-state index contributed by atoms with van der Waals surface area (Å²) in [4.78, 5) is 18.5. The smallest absolute Gasteiger partial charge is 0.228 e. The molecular formula is C20H19FN2OS. The van der Waals surface area contributed by atoms with Crippen molar-refractivity contribution in [1.82, 2.24) is 9.88 Å². The Labute approximate surface area is 150 Å². The second-order valence-corrected chi connectivity index (χ2v) is 6.89. The van der Waals surface area contributed by atoms with Crippen molar-refractivity contribution in [2.75, 3.05) is 7.05 Å². The van der Waals surface area contributed by atoms with Crippen molar-refractivity contribution in [2.45, 2.75) is 19.9 Å². The van der Waals surface area contributed by atoms with Crippen LogP contribution in [0.4, 0.5) is 4.39 Å². The van der Waals surface area contributed by atoms with E-state index in [1.165, 1.54) is 27.9 Å². The Kier molecular flexibility index (Phi) is 5.24. The van der Waals surface area contributed by atoms with E-state index in [2.05, 4.69) is 4.98 Å². The number of halogens is 1. The highest BCUT2D eigenvalue weighted by atomic mass is 32.1. The number of carbonyl (C=O) groups is 1. The summed E-state index contributed by atoms with van der Waals surface area (Å²) in [6.45, 7) is 2.29. The van der Waals surface area contributed by atoms with E-state index in [-0.39, 0.29) is 24.7 Å². The number of carbonyl (C=O) groups excluding carboxylic acids is 1. The maximum absolute atomic E-state index is 13.7. The normalized spacial score (nSPS) is 10.7. The standard InChI is InChI=1S/C20H19FN2OS/c1-14-7-9-15(10-8-14)20-22-17(13-25-20)11-19(24)23(2)12-16-5-3-4-6-18(16)21/h3-10,13H,11-12H2,1-2H3. The van der Waals surface area contributed by atoms with Crippen molar-refractivity contribution in [3.8, 4) is 10.6 Å². The predicted octanol–water partition coefficient (Wildman–Crippen LogP) is 4.46. The van der Waals surface area contributed by atoms with Crippen LogP contribution in [0.2, 0.25) is 0 Å². The van der Waals surface area contributed by atoms with Crippen molar-refractivity contribution in [1.29, 1.82) is 0 Å². The average Bonchev–Trinajstić information content (AvgIpc) is 3.06. The van der Waals surface area contributed by atoms with Crippen LogP contribution in [0.5, 0.6) is 0 Å². The number of benzene rings is 2. The first-order valence-corrected chi connectivity index (χ1v) is 8.89. The molecule has 0 atom stereocenters. The summed E-state index contributed by atoms with van der Waals surface area (Å²) in [6.07, 6.45) is 0.216. The van der Waals surface area contributed by atoms with Crippen LogP contribution in [0.3, 0.4) is 0 Å². The Morgan fingerprint density at radius 2 is 1.88 bits per heavy atom. The molecule has 0 spiro atoms. The Morgan fingerprint density at radius 1 is 1.16 bits per heavy atom. The first-order valence-electron chi connectivity index (χ1n) is 8.02. The zero-order valence-electron chi connectivity index (χ0n) is 14.2. The predicted molar refractivity (Wildman–Crippen MR) is 98.9 cm³/mol. The van der Waals surface area contributed by atoms with Gasteiger partial charge in [0.2, 0.25) is 5.91 Å². The summed E-state index contributed by atoms with van der Waals surface area (Å²) in [7, 11) is 1.68. The number of aryl methyl sites for hydroxylation is 1. The Balaban J connectivity index is 1.65. The molecule has 0 radical (unpaired) electrons. The molecular weight excluding hydrogens is 335 g/mol. The lowest BCUT2D eigenvalue weighted by Crippen LogP contribution is -2.28. The third kappa shape index (κ3) is 4.31. The molecule has 1 amide bonds. The van der Waals surface area contributed by atoms with Gasteiger partial charge in [0.05, 0.1) is 12.1 Å². The van der Waals surface area contributed by atoms with Gasteiger partial charge in [0, 0.05) is 30.1 Å². The maximum Gasteiger partial charge on any atom is 0.228 e. The van der Waals surface area contributed by atoms with Crippen LogP contribution >= 0.6 is 11.3 Å². The largest absolute Gasteiger partial charge is 0.341 e. The van der Waals surface area contributed by atoms with E-state index in [9.17, 15) is 9.18 Å². The quantitative estimate of drug-likeness (QED) is 0.678. The second-order valence-electron chi connectivity index (χ2n) is 6.03. The topological polar surface area (TPSA) is 33.2 Å². The first kappa shape index (κ1) is 17.3. The van der Waals surface area contributed by atoms with Crippen LogP contribution < -0.4 is 0 Å². The molecule has 0 N–H and O–H groups in total. The molecule has 3 aromatic rings. The Bertz CT molecular complexity index is 873. The lowest BCUT2D eigenvalue weighted by atomic mass is 10.1. The molecule has 0 bridgehead atoms. The average molecular weight is 354 g/mol. The van der Waals surface area contributed by atoms with Crippen molar-refractivity contribution in [3.63, 3.8) is 0 Å². The van der Waals surface area contributed by atoms with Crippen molar-refractivity contribution in [2.24, 2.45) is 0 Å². The van der Waals surface area contributed by atoms with Crippen LogP contribution in [0, 0.1) is 12.7 Å². The summed E-state index contributed by atoms with van der Waals surface area (Å²) in [6, 6.07) is 14.7. The lowest BCUT2D eigenvalue weighted by Gasteiger charge is -2.17. The molecule has 0 aliphatic carbocycles. The molecule has 5 heteroatoms. The molecule has 128 valence electrons. The molecule has 0 saturated heterocycles. The number of thiazole rings is 1. The third-order valence-electron chi connectivity index (χ3n) is 3.97. The molecule has 0 aliphatic rings. The van der Waals surface area contributed by atoms with Crippen LogP contribution in [0.15, 0.2) is 53.9 Å². The summed E-state index contributed by atoms with van der Waals surface area (Å²) >= 11 is 1.53. The fraction of sp³-hybridized carbons (Fsp3) is 0.200. The molecule has 0 aliphatic heterocycles. The van der Waals surface area contributed by atoms with E-state index in [1.54, 1.807) is 25.2 Å². The number of amides is 1. The SMILES string of the molecule is Cc1ccc(-c2nc(CC(=O)N(C)Cc3ccccc3F)cs2)cc1. The minimum atomic E-state index is -0.294. The molecule has 0 unspecified atom stereocenters. The zero-order valence-corrected chi connectivity index (χ0v) is 15.0. The Hall–Kier alpha value is -2.53. The second kappa shape index (κ2) is 7.57. The van der Waals surface area contributed by atoms with Crippen LogP contribution in [-0.4, -0.2) is 22.8 Å². The van der Waals surface area contributed by atoms with Crippen molar-refractivity contribution in [3.05, 3.63) is 76.5 Å². The fourth-order valence-corrected chi connectivity index (χ4v) is 3.30. The molecule has 25 heavy (non-hydrogen) atoms. The zero-order chi connectivity index (χ0) is 17.8. The van der Waals surface area contributed by atoms with Gasteiger partial charge in [0.1, 0.15) is 10.8 Å². The first-order chi connectivity index (χ1) is 12.0. The minimum absolute atomic E-state index is 0.0796. The highest BCUT2D eigenvalue weighted by Gasteiger charge is 2.14. The molecule has 2 aromatic carbocycles. The van der Waals surface area contributed by atoms with Crippen LogP contribution in [0.25, 0.3) is 10.6 Å². The summed E-state index contributed by atoms with van der Waals surface area (Å²) < 4.78 is 13.7. The highest BCUT2D eigenvalue weighted by Crippen LogP contribution is 2.24. The van der Waals surface area contributed by atoms with Gasteiger partial charge in [-0.25, -0.2) is 9.37 Å². The van der Waals surface area contributed by atoms with Crippen molar-refractivity contribution < 1.29 is 9.18 Å². The summed E-state index contributed by atoms with van der Waals surface area (Å²) in [5, 5.41) is 2.81. The monoisotopic (exact) mass is 354 g/mol. The fourth-order valence-electron chi connectivity index (χ4n) is 2.48. The minimum Gasteiger partial charge on any atom is -0.341 e. The van der Waals surface area contributed by atoms with Gasteiger partial charge >= 0.3 is 0 Å². The van der Waals surface area contributed by atoms with E-state index >= 15 is 0 Å². The van der Waals surface area contributed by atoms with Gasteiger partial charge in [-0.3, -0.25) is 4.79 Å². The van der Waals surface area contributed by atoms with E-state index < -0.39 is 0 Å². The molecule has 1 aromatic heterocycles.